The molecule has 2 aromatic rings. The van der Waals surface area contributed by atoms with E-state index in [2.05, 4.69) is 0 Å². The zero-order chi connectivity index (χ0) is 19.7. The Bertz CT molecular complexity index is 931. The van der Waals surface area contributed by atoms with Crippen molar-refractivity contribution in [2.75, 3.05) is 18.0 Å². The van der Waals surface area contributed by atoms with Gasteiger partial charge in [0.2, 0.25) is 5.91 Å². The highest BCUT2D eigenvalue weighted by Crippen LogP contribution is 2.21. The van der Waals surface area contributed by atoms with Crippen LogP contribution in [0, 0.1) is 13.8 Å². The van der Waals surface area contributed by atoms with E-state index in [1.165, 1.54) is 4.90 Å². The lowest BCUT2D eigenvalue weighted by atomic mass is 10.1. The molecule has 142 valence electrons. The zero-order valence-corrected chi connectivity index (χ0v) is 16.2. The summed E-state index contributed by atoms with van der Waals surface area (Å²) in [5.74, 6) is -0.528. The van der Waals surface area contributed by atoms with Crippen molar-refractivity contribution in [3.8, 4) is 0 Å². The zero-order valence-electron chi connectivity index (χ0n) is 16.2. The lowest BCUT2D eigenvalue weighted by Gasteiger charge is -2.39. The van der Waals surface area contributed by atoms with Gasteiger partial charge < -0.3 is 14.4 Å². The molecule has 0 bridgehead atoms. The van der Waals surface area contributed by atoms with Crippen molar-refractivity contribution in [3.05, 3.63) is 63.6 Å². The minimum absolute atomic E-state index is 0.0344. The first-order valence-electron chi connectivity index (χ1n) is 9.22. The number of nitrogens with zero attached hydrogens (tertiary/aromatic N) is 3. The Morgan fingerprint density at radius 2 is 1.74 bits per heavy atom. The third-order valence-corrected chi connectivity index (χ3v) is 5.13. The van der Waals surface area contributed by atoms with Crippen LogP contribution in [0.25, 0.3) is 0 Å². The minimum Gasteiger partial charge on any atom is -0.325 e. The van der Waals surface area contributed by atoms with E-state index in [1.54, 1.807) is 21.6 Å². The molecule has 2 amide bonds. The molecule has 1 fully saturated rings. The Balaban J connectivity index is 1.85. The van der Waals surface area contributed by atoms with Gasteiger partial charge in [-0.3, -0.25) is 14.4 Å². The summed E-state index contributed by atoms with van der Waals surface area (Å²) in [4.78, 5) is 41.5. The third kappa shape index (κ3) is 3.52. The second-order valence-corrected chi connectivity index (χ2v) is 7.06. The molecule has 6 heteroatoms. The van der Waals surface area contributed by atoms with Crippen molar-refractivity contribution in [2.24, 2.45) is 0 Å². The van der Waals surface area contributed by atoms with Gasteiger partial charge in [-0.15, -0.1) is 0 Å². The maximum absolute atomic E-state index is 13.0. The average molecular weight is 367 g/mol. The molecule has 1 saturated heterocycles. The normalized spacial score (nSPS) is 17.3. The van der Waals surface area contributed by atoms with E-state index in [1.807, 2.05) is 52.0 Å². The number of carbonyl (C=O) groups is 2. The molecule has 1 aliphatic rings. The Kier molecular flexibility index (Phi) is 5.17. The van der Waals surface area contributed by atoms with Gasteiger partial charge in [-0.05, 0) is 52.0 Å². The molecule has 0 N–H and O–H groups in total. The van der Waals surface area contributed by atoms with Crippen LogP contribution >= 0.6 is 0 Å². The Morgan fingerprint density at radius 3 is 2.37 bits per heavy atom. The lowest BCUT2D eigenvalue weighted by Crippen LogP contribution is -2.57. The van der Waals surface area contributed by atoms with Crippen LogP contribution in [0.5, 0.6) is 0 Å². The van der Waals surface area contributed by atoms with Crippen LogP contribution in [0.3, 0.4) is 0 Å². The smallest absolute Gasteiger partial charge is 0.263 e. The van der Waals surface area contributed by atoms with Gasteiger partial charge in [0, 0.05) is 30.5 Å². The summed E-state index contributed by atoms with van der Waals surface area (Å²) in [5.41, 5.74) is 2.58. The summed E-state index contributed by atoms with van der Waals surface area (Å²) in [6.07, 6.45) is 0. The van der Waals surface area contributed by atoms with Crippen molar-refractivity contribution in [1.82, 2.24) is 9.47 Å². The summed E-state index contributed by atoms with van der Waals surface area (Å²) in [6, 6.07) is 10.9. The Morgan fingerprint density at radius 1 is 1.07 bits per heavy atom. The fourth-order valence-corrected chi connectivity index (χ4v) is 3.48. The molecule has 0 radical (unpaired) electrons. The number of amides is 2. The summed E-state index contributed by atoms with van der Waals surface area (Å²) < 4.78 is 1.57. The Hall–Kier alpha value is -2.89. The highest BCUT2D eigenvalue weighted by Gasteiger charge is 2.34. The molecular weight excluding hydrogens is 342 g/mol. The van der Waals surface area contributed by atoms with Crippen LogP contribution in [-0.2, 0) is 11.3 Å². The maximum Gasteiger partial charge on any atom is 0.263 e. The number of piperazine rings is 1. The average Bonchev–Trinajstić information content (AvgIpc) is 2.64. The van der Waals surface area contributed by atoms with E-state index >= 15 is 0 Å². The molecule has 2 heterocycles. The summed E-state index contributed by atoms with van der Waals surface area (Å²) in [5, 5.41) is 0. The predicted octanol–water partition coefficient (Wildman–Crippen LogP) is 2.36. The highest BCUT2D eigenvalue weighted by atomic mass is 16.2. The highest BCUT2D eigenvalue weighted by molar-refractivity contribution is 6.01. The lowest BCUT2D eigenvalue weighted by molar-refractivity contribution is -0.121. The molecule has 1 aromatic carbocycles. The molecular formula is C21H25N3O3. The van der Waals surface area contributed by atoms with E-state index in [4.69, 9.17) is 0 Å². The number of benzene rings is 1. The number of hydrogen-bond acceptors (Lipinski definition) is 3. The van der Waals surface area contributed by atoms with Gasteiger partial charge >= 0.3 is 0 Å². The van der Waals surface area contributed by atoms with Crippen LogP contribution < -0.4 is 10.5 Å². The minimum atomic E-state index is -0.383. The van der Waals surface area contributed by atoms with Gasteiger partial charge in [-0.1, -0.05) is 17.7 Å². The maximum atomic E-state index is 13.0. The van der Waals surface area contributed by atoms with Gasteiger partial charge in [0.05, 0.1) is 0 Å². The first kappa shape index (κ1) is 18.9. The topological polar surface area (TPSA) is 62.6 Å². The van der Waals surface area contributed by atoms with Crippen molar-refractivity contribution in [2.45, 2.75) is 40.3 Å². The number of aryl methyl sites for hydroxylation is 2. The predicted molar refractivity (Wildman–Crippen MR) is 105 cm³/mol. The van der Waals surface area contributed by atoms with Crippen molar-refractivity contribution in [3.63, 3.8) is 0 Å². The van der Waals surface area contributed by atoms with Crippen LogP contribution in [0.4, 0.5) is 5.69 Å². The summed E-state index contributed by atoms with van der Waals surface area (Å²) in [6.45, 7) is 8.48. The first-order chi connectivity index (χ1) is 12.8. The fraction of sp³-hybridized carbons (Fsp3) is 0.381. The van der Waals surface area contributed by atoms with E-state index in [9.17, 15) is 14.4 Å². The van der Waals surface area contributed by atoms with Crippen LogP contribution in [0.15, 0.2) is 41.2 Å². The SMILES string of the molecule is CCn1c(C)ccc(C(=O)N2CC(=O)N(c3ccc(C)cc3)C[C@H]2C)c1=O. The van der Waals surface area contributed by atoms with E-state index in [0.717, 1.165) is 16.9 Å². The molecule has 0 unspecified atom stereocenters. The molecule has 0 saturated carbocycles. The van der Waals surface area contributed by atoms with E-state index in [-0.39, 0.29) is 35.5 Å². The van der Waals surface area contributed by atoms with Crippen LogP contribution in [-0.4, -0.2) is 40.4 Å². The fourth-order valence-electron chi connectivity index (χ4n) is 3.48. The van der Waals surface area contributed by atoms with Gasteiger partial charge in [-0.2, -0.15) is 0 Å². The number of pyridine rings is 1. The Labute approximate surface area is 159 Å². The second kappa shape index (κ2) is 7.39. The quantitative estimate of drug-likeness (QED) is 0.837. The summed E-state index contributed by atoms with van der Waals surface area (Å²) >= 11 is 0. The largest absolute Gasteiger partial charge is 0.325 e. The van der Waals surface area contributed by atoms with Crippen molar-refractivity contribution in [1.29, 1.82) is 0 Å². The van der Waals surface area contributed by atoms with Crippen molar-refractivity contribution < 1.29 is 9.59 Å². The molecule has 1 atom stereocenters. The molecule has 1 aromatic heterocycles. The van der Waals surface area contributed by atoms with Crippen LogP contribution in [0.2, 0.25) is 0 Å². The summed E-state index contributed by atoms with van der Waals surface area (Å²) in [7, 11) is 0. The van der Waals surface area contributed by atoms with E-state index < -0.39 is 0 Å². The molecule has 0 spiro atoms. The second-order valence-electron chi connectivity index (χ2n) is 7.06. The molecule has 27 heavy (non-hydrogen) atoms. The van der Waals surface area contributed by atoms with Gasteiger partial charge in [-0.25, -0.2) is 0 Å². The van der Waals surface area contributed by atoms with Crippen molar-refractivity contribution >= 4 is 17.5 Å². The van der Waals surface area contributed by atoms with Gasteiger partial charge in [0.15, 0.2) is 0 Å². The van der Waals surface area contributed by atoms with Gasteiger partial charge in [0.1, 0.15) is 12.1 Å². The van der Waals surface area contributed by atoms with Gasteiger partial charge in [0.25, 0.3) is 11.5 Å². The standard InChI is InChI=1S/C21H25N3O3/c1-5-22-15(3)8-11-18(20(22)26)21(27)23-13-19(25)24(12-16(23)4)17-9-6-14(2)7-10-17/h6-11,16H,5,12-13H2,1-4H3/t16-/m1/s1. The third-order valence-electron chi connectivity index (χ3n) is 5.13. The number of aromatic nitrogens is 1. The number of anilines is 1. The monoisotopic (exact) mass is 367 g/mol. The molecule has 3 rings (SSSR count). The molecule has 6 nitrogen and oxygen atoms in total. The number of rotatable bonds is 3. The number of carbonyl (C=O) groups excluding carboxylic acids is 2. The molecule has 1 aliphatic heterocycles. The van der Waals surface area contributed by atoms with Crippen LogP contribution in [0.1, 0.15) is 35.5 Å². The first-order valence-corrected chi connectivity index (χ1v) is 9.22. The van der Waals surface area contributed by atoms with E-state index in [0.29, 0.717) is 13.1 Å². The number of hydrogen-bond donors (Lipinski definition) is 0. The molecule has 0 aliphatic carbocycles.